The second kappa shape index (κ2) is 9.54. The molecule has 3 amide bonds. The van der Waals surface area contributed by atoms with Gasteiger partial charge in [-0.2, -0.15) is 0 Å². The molecular formula is C23H15Cl3N4O3. The topological polar surface area (TPSA) is 92.2 Å². The Labute approximate surface area is 203 Å². The van der Waals surface area contributed by atoms with Crippen LogP contribution in [0.2, 0.25) is 15.1 Å². The van der Waals surface area contributed by atoms with Crippen molar-refractivity contribution in [3.8, 4) is 0 Å². The number of rotatable bonds is 4. The minimum Gasteiger partial charge on any atom is -0.321 e. The maximum Gasteiger partial charge on any atom is 0.328 e. The van der Waals surface area contributed by atoms with Crippen molar-refractivity contribution in [3.63, 3.8) is 0 Å². The van der Waals surface area contributed by atoms with Crippen LogP contribution in [0.5, 0.6) is 0 Å². The molecule has 0 bridgehead atoms. The molecule has 1 heterocycles. The van der Waals surface area contributed by atoms with E-state index in [0.29, 0.717) is 32.3 Å². The summed E-state index contributed by atoms with van der Waals surface area (Å²) >= 11 is 18.0. The Morgan fingerprint density at radius 3 is 2.18 bits per heavy atom. The molecule has 3 aromatic carbocycles. The Balaban J connectivity index is 1.64. The molecule has 0 radical (unpaired) electrons. The van der Waals surface area contributed by atoms with Gasteiger partial charge in [-0.1, -0.05) is 53.0 Å². The van der Waals surface area contributed by atoms with Crippen molar-refractivity contribution in [1.82, 2.24) is 4.68 Å². The van der Waals surface area contributed by atoms with Gasteiger partial charge in [-0.15, -0.1) is 0 Å². The Morgan fingerprint density at radius 2 is 1.45 bits per heavy atom. The van der Waals surface area contributed by atoms with E-state index in [4.69, 9.17) is 34.8 Å². The molecule has 0 fully saturated rings. The van der Waals surface area contributed by atoms with Gasteiger partial charge in [0.15, 0.2) is 0 Å². The van der Waals surface area contributed by atoms with Gasteiger partial charge < -0.3 is 10.6 Å². The molecule has 0 saturated heterocycles. The molecule has 1 aromatic heterocycles. The summed E-state index contributed by atoms with van der Waals surface area (Å²) in [5, 5.41) is 6.85. The first kappa shape index (κ1) is 22.7. The zero-order valence-corrected chi connectivity index (χ0v) is 19.0. The van der Waals surface area contributed by atoms with Crippen molar-refractivity contribution in [2.75, 3.05) is 16.1 Å². The fraction of sp³-hybridized carbons (Fsp3) is 0. The van der Waals surface area contributed by atoms with E-state index in [1.165, 1.54) is 10.7 Å². The Hall–Kier alpha value is -3.52. The van der Waals surface area contributed by atoms with Crippen molar-refractivity contribution in [1.29, 1.82) is 0 Å². The fourth-order valence-corrected chi connectivity index (χ4v) is 3.58. The average Bonchev–Trinajstić information content (AvgIpc) is 3.14. The van der Waals surface area contributed by atoms with Gasteiger partial charge in [-0.25, -0.2) is 4.68 Å². The zero-order valence-electron chi connectivity index (χ0n) is 16.7. The molecule has 33 heavy (non-hydrogen) atoms. The number of fused-ring (bicyclic) bond motifs is 1. The SMILES string of the molecule is O=C(Nc1ccccc1)C(=O)Nn1c(C(=O)Nc2ccc(Cl)c(Cl)c2)cc2cc(Cl)ccc21. The molecule has 0 aliphatic carbocycles. The highest BCUT2D eigenvalue weighted by Crippen LogP contribution is 2.27. The van der Waals surface area contributed by atoms with E-state index in [0.717, 1.165) is 0 Å². The summed E-state index contributed by atoms with van der Waals surface area (Å²) in [4.78, 5) is 38.0. The molecule has 0 aliphatic rings. The van der Waals surface area contributed by atoms with Crippen LogP contribution in [-0.4, -0.2) is 22.4 Å². The molecule has 0 unspecified atom stereocenters. The second-order valence-electron chi connectivity index (χ2n) is 6.91. The number of carbonyl (C=O) groups is 3. The van der Waals surface area contributed by atoms with Crippen LogP contribution in [0.15, 0.2) is 72.8 Å². The summed E-state index contributed by atoms with van der Waals surface area (Å²) in [6.07, 6.45) is 0. The van der Waals surface area contributed by atoms with E-state index < -0.39 is 17.7 Å². The predicted octanol–water partition coefficient (Wildman–Crippen LogP) is 5.56. The van der Waals surface area contributed by atoms with E-state index in [1.807, 2.05) is 0 Å². The molecule has 0 spiro atoms. The first-order valence-corrected chi connectivity index (χ1v) is 10.7. The van der Waals surface area contributed by atoms with Crippen LogP contribution >= 0.6 is 34.8 Å². The molecule has 0 atom stereocenters. The number of benzene rings is 3. The molecule has 4 aromatic rings. The maximum atomic E-state index is 13.0. The molecule has 10 heteroatoms. The van der Waals surface area contributed by atoms with Gasteiger partial charge in [0.25, 0.3) is 5.91 Å². The van der Waals surface area contributed by atoms with Gasteiger partial charge >= 0.3 is 11.8 Å². The number of carbonyl (C=O) groups excluding carboxylic acids is 3. The largest absolute Gasteiger partial charge is 0.328 e. The average molecular weight is 502 g/mol. The van der Waals surface area contributed by atoms with Crippen LogP contribution in [-0.2, 0) is 9.59 Å². The number of aromatic nitrogens is 1. The molecule has 3 N–H and O–H groups in total. The lowest BCUT2D eigenvalue weighted by atomic mass is 10.2. The number of hydrogen-bond acceptors (Lipinski definition) is 3. The predicted molar refractivity (Wildman–Crippen MR) is 131 cm³/mol. The van der Waals surface area contributed by atoms with Crippen molar-refractivity contribution < 1.29 is 14.4 Å². The summed E-state index contributed by atoms with van der Waals surface area (Å²) in [5.74, 6) is -2.41. The van der Waals surface area contributed by atoms with Crippen LogP contribution in [0.1, 0.15) is 10.5 Å². The Kier molecular flexibility index (Phi) is 6.55. The third-order valence-corrected chi connectivity index (χ3v) is 5.60. The van der Waals surface area contributed by atoms with Crippen molar-refractivity contribution in [3.05, 3.63) is 93.6 Å². The number of para-hydroxylation sites is 1. The maximum absolute atomic E-state index is 13.0. The normalized spacial score (nSPS) is 10.6. The number of nitrogens with zero attached hydrogens (tertiary/aromatic N) is 1. The van der Waals surface area contributed by atoms with Crippen LogP contribution in [0.4, 0.5) is 11.4 Å². The van der Waals surface area contributed by atoms with Gasteiger partial charge in [0.1, 0.15) is 5.69 Å². The van der Waals surface area contributed by atoms with Crippen LogP contribution in [0, 0.1) is 0 Å². The lowest BCUT2D eigenvalue weighted by Crippen LogP contribution is -2.36. The van der Waals surface area contributed by atoms with Gasteiger partial charge in [0, 0.05) is 21.8 Å². The van der Waals surface area contributed by atoms with Gasteiger partial charge in [0.05, 0.1) is 15.6 Å². The molecular weight excluding hydrogens is 487 g/mol. The molecule has 0 aliphatic heterocycles. The van der Waals surface area contributed by atoms with Crippen molar-refractivity contribution in [2.45, 2.75) is 0 Å². The van der Waals surface area contributed by atoms with Crippen LogP contribution in [0.3, 0.4) is 0 Å². The van der Waals surface area contributed by atoms with Gasteiger partial charge in [-0.05, 0) is 54.6 Å². The third kappa shape index (κ3) is 5.12. The molecule has 0 saturated carbocycles. The summed E-state index contributed by atoms with van der Waals surface area (Å²) in [5.41, 5.74) is 3.87. The Bertz CT molecular complexity index is 1390. The summed E-state index contributed by atoms with van der Waals surface area (Å²) in [7, 11) is 0. The van der Waals surface area contributed by atoms with E-state index in [9.17, 15) is 14.4 Å². The molecule has 4 rings (SSSR count). The number of anilines is 2. The highest BCUT2D eigenvalue weighted by atomic mass is 35.5. The number of amides is 3. The minimum absolute atomic E-state index is 0.0687. The second-order valence-corrected chi connectivity index (χ2v) is 8.16. The summed E-state index contributed by atoms with van der Waals surface area (Å²) in [6.45, 7) is 0. The number of halogens is 3. The number of hydrogen-bond donors (Lipinski definition) is 3. The highest BCUT2D eigenvalue weighted by molar-refractivity contribution is 6.43. The first-order chi connectivity index (χ1) is 15.8. The lowest BCUT2D eigenvalue weighted by Gasteiger charge is -2.13. The monoisotopic (exact) mass is 500 g/mol. The van der Waals surface area contributed by atoms with Gasteiger partial charge in [0.2, 0.25) is 0 Å². The zero-order chi connectivity index (χ0) is 23.5. The fourth-order valence-electron chi connectivity index (χ4n) is 3.10. The van der Waals surface area contributed by atoms with E-state index in [2.05, 4.69) is 16.1 Å². The van der Waals surface area contributed by atoms with Crippen LogP contribution in [0.25, 0.3) is 10.9 Å². The quantitative estimate of drug-likeness (QED) is 0.320. The summed E-state index contributed by atoms with van der Waals surface area (Å²) < 4.78 is 1.23. The van der Waals surface area contributed by atoms with Crippen LogP contribution < -0.4 is 16.1 Å². The summed E-state index contributed by atoms with van der Waals surface area (Å²) in [6, 6.07) is 19.6. The van der Waals surface area contributed by atoms with E-state index in [-0.39, 0.29) is 10.7 Å². The first-order valence-electron chi connectivity index (χ1n) is 9.56. The number of nitrogens with one attached hydrogen (secondary N) is 3. The minimum atomic E-state index is -0.963. The Morgan fingerprint density at radius 1 is 0.697 bits per heavy atom. The standard InChI is InChI=1S/C23H15Cl3N4O3/c24-14-6-9-19-13(10-14)11-20(21(31)28-16-7-8-17(25)18(26)12-16)30(19)29-23(33)22(32)27-15-4-2-1-3-5-15/h1-12H,(H,27,32)(H,28,31)(H,29,33). The molecule has 166 valence electrons. The smallest absolute Gasteiger partial charge is 0.321 e. The third-order valence-electron chi connectivity index (χ3n) is 4.62. The van der Waals surface area contributed by atoms with Crippen molar-refractivity contribution >= 4 is 74.8 Å². The molecule has 7 nitrogen and oxygen atoms in total. The highest BCUT2D eigenvalue weighted by Gasteiger charge is 2.21. The van der Waals surface area contributed by atoms with Crippen molar-refractivity contribution in [2.24, 2.45) is 0 Å². The van der Waals surface area contributed by atoms with Gasteiger partial charge in [-0.3, -0.25) is 19.8 Å². The van der Waals surface area contributed by atoms with E-state index in [1.54, 1.807) is 66.7 Å². The lowest BCUT2D eigenvalue weighted by molar-refractivity contribution is -0.133. The van der Waals surface area contributed by atoms with E-state index >= 15 is 0 Å².